The number of nitrogens with zero attached hydrogens (tertiary/aromatic N) is 4. The lowest BCUT2D eigenvalue weighted by Crippen LogP contribution is -2.33. The summed E-state index contributed by atoms with van der Waals surface area (Å²) in [5.74, 6) is 0.909. The first kappa shape index (κ1) is 15.2. The lowest BCUT2D eigenvalue weighted by molar-refractivity contribution is 0.0743. The Kier molecular flexibility index (Phi) is 5.09. The molecule has 0 saturated carbocycles. The van der Waals surface area contributed by atoms with Crippen LogP contribution in [0.3, 0.4) is 0 Å². The second-order valence-corrected chi connectivity index (χ2v) is 5.02. The smallest absolute Gasteiger partial charge is 0.293 e. The molecule has 0 fully saturated rings. The Balaban J connectivity index is 2.27. The number of carbonyl (C=O) groups is 1. The van der Waals surface area contributed by atoms with Gasteiger partial charge in [0.25, 0.3) is 5.91 Å². The van der Waals surface area contributed by atoms with Crippen molar-refractivity contribution >= 4 is 5.91 Å². The number of hydrogen-bond donors (Lipinski definition) is 0. The van der Waals surface area contributed by atoms with Gasteiger partial charge in [-0.2, -0.15) is 0 Å². The van der Waals surface area contributed by atoms with Crippen molar-refractivity contribution in [2.75, 3.05) is 13.1 Å². The summed E-state index contributed by atoms with van der Waals surface area (Å²) in [4.78, 5) is 18.7. The number of amides is 1. The van der Waals surface area contributed by atoms with Gasteiger partial charge in [0.15, 0.2) is 0 Å². The van der Waals surface area contributed by atoms with Gasteiger partial charge in [0.1, 0.15) is 5.82 Å². The first-order valence-corrected chi connectivity index (χ1v) is 7.45. The van der Waals surface area contributed by atoms with E-state index in [1.54, 1.807) is 4.68 Å². The summed E-state index contributed by atoms with van der Waals surface area (Å²) in [6.07, 6.45) is 1.87. The lowest BCUT2D eigenvalue weighted by Gasteiger charge is -2.19. The summed E-state index contributed by atoms with van der Waals surface area (Å²) < 4.78 is 1.71. The van der Waals surface area contributed by atoms with Crippen LogP contribution in [0.15, 0.2) is 30.3 Å². The zero-order valence-electron chi connectivity index (χ0n) is 12.9. The highest BCUT2D eigenvalue weighted by Gasteiger charge is 2.20. The SMILES string of the molecule is CCCN(CCC)C(=O)c1nc(C)n(-c2ccccc2)n1. The summed E-state index contributed by atoms with van der Waals surface area (Å²) in [5.41, 5.74) is 0.916. The average molecular weight is 286 g/mol. The molecule has 21 heavy (non-hydrogen) atoms. The number of para-hydroxylation sites is 1. The van der Waals surface area contributed by atoms with Crippen LogP contribution in [-0.4, -0.2) is 38.7 Å². The van der Waals surface area contributed by atoms with Crippen LogP contribution in [0.25, 0.3) is 5.69 Å². The van der Waals surface area contributed by atoms with Crippen molar-refractivity contribution < 1.29 is 4.79 Å². The zero-order chi connectivity index (χ0) is 15.2. The highest BCUT2D eigenvalue weighted by molar-refractivity contribution is 5.90. The van der Waals surface area contributed by atoms with E-state index in [-0.39, 0.29) is 11.7 Å². The van der Waals surface area contributed by atoms with Crippen molar-refractivity contribution in [3.05, 3.63) is 42.0 Å². The maximum absolute atomic E-state index is 12.5. The normalized spacial score (nSPS) is 10.6. The highest BCUT2D eigenvalue weighted by Crippen LogP contribution is 2.10. The fourth-order valence-corrected chi connectivity index (χ4v) is 2.29. The zero-order valence-corrected chi connectivity index (χ0v) is 12.9. The second kappa shape index (κ2) is 7.02. The van der Waals surface area contributed by atoms with E-state index in [1.165, 1.54) is 0 Å². The fraction of sp³-hybridized carbons (Fsp3) is 0.438. The minimum atomic E-state index is -0.0866. The van der Waals surface area contributed by atoms with Gasteiger partial charge in [0, 0.05) is 13.1 Å². The Bertz CT molecular complexity index is 586. The molecular formula is C16H22N4O. The van der Waals surface area contributed by atoms with E-state index in [9.17, 15) is 4.79 Å². The molecule has 0 aliphatic carbocycles. The van der Waals surface area contributed by atoms with Crippen LogP contribution < -0.4 is 0 Å². The molecule has 0 spiro atoms. The molecule has 0 aliphatic rings. The number of rotatable bonds is 6. The quantitative estimate of drug-likeness (QED) is 0.820. The first-order valence-electron chi connectivity index (χ1n) is 7.45. The summed E-state index contributed by atoms with van der Waals surface area (Å²) in [7, 11) is 0. The highest BCUT2D eigenvalue weighted by atomic mass is 16.2. The molecule has 5 nitrogen and oxygen atoms in total. The predicted molar refractivity (Wildman–Crippen MR) is 82.6 cm³/mol. The van der Waals surface area contributed by atoms with Crippen LogP contribution in [0.5, 0.6) is 0 Å². The molecule has 1 aromatic carbocycles. The van der Waals surface area contributed by atoms with Crippen LogP contribution in [0.1, 0.15) is 43.1 Å². The van der Waals surface area contributed by atoms with E-state index >= 15 is 0 Å². The minimum absolute atomic E-state index is 0.0866. The van der Waals surface area contributed by atoms with Crippen LogP contribution in [0.2, 0.25) is 0 Å². The van der Waals surface area contributed by atoms with Crippen LogP contribution in [0.4, 0.5) is 0 Å². The second-order valence-electron chi connectivity index (χ2n) is 5.02. The molecule has 0 unspecified atom stereocenters. The molecule has 0 saturated heterocycles. The number of benzene rings is 1. The van der Waals surface area contributed by atoms with Gasteiger partial charge >= 0.3 is 0 Å². The van der Waals surface area contributed by atoms with Gasteiger partial charge in [-0.15, -0.1) is 5.10 Å². The fourth-order valence-electron chi connectivity index (χ4n) is 2.29. The molecule has 1 amide bonds. The Morgan fingerprint density at radius 1 is 1.14 bits per heavy atom. The van der Waals surface area contributed by atoms with Gasteiger partial charge in [-0.3, -0.25) is 4.79 Å². The van der Waals surface area contributed by atoms with Gasteiger partial charge in [0.05, 0.1) is 5.69 Å². The number of hydrogen-bond acceptors (Lipinski definition) is 3. The summed E-state index contributed by atoms with van der Waals surface area (Å²) in [6, 6.07) is 9.74. The van der Waals surface area contributed by atoms with Gasteiger partial charge in [0.2, 0.25) is 5.82 Å². The van der Waals surface area contributed by atoms with Crippen LogP contribution >= 0.6 is 0 Å². The molecule has 2 aromatic rings. The maximum Gasteiger partial charge on any atom is 0.293 e. The van der Waals surface area contributed by atoms with Crippen molar-refractivity contribution in [1.82, 2.24) is 19.7 Å². The topological polar surface area (TPSA) is 51.0 Å². The molecule has 1 heterocycles. The van der Waals surface area contributed by atoms with Gasteiger partial charge in [-0.05, 0) is 31.9 Å². The number of aryl methyl sites for hydroxylation is 1. The van der Waals surface area contributed by atoms with Crippen molar-refractivity contribution in [2.45, 2.75) is 33.6 Å². The summed E-state index contributed by atoms with van der Waals surface area (Å²) >= 11 is 0. The Morgan fingerprint density at radius 2 is 1.76 bits per heavy atom. The molecule has 0 atom stereocenters. The van der Waals surface area contributed by atoms with Crippen molar-refractivity contribution in [3.63, 3.8) is 0 Å². The molecule has 2 rings (SSSR count). The Hall–Kier alpha value is -2.17. The van der Waals surface area contributed by atoms with E-state index in [1.807, 2.05) is 42.2 Å². The van der Waals surface area contributed by atoms with E-state index in [2.05, 4.69) is 23.9 Å². The van der Waals surface area contributed by atoms with E-state index < -0.39 is 0 Å². The number of carbonyl (C=O) groups excluding carboxylic acids is 1. The van der Waals surface area contributed by atoms with Crippen LogP contribution in [-0.2, 0) is 0 Å². The molecule has 1 aromatic heterocycles. The molecule has 112 valence electrons. The molecule has 0 radical (unpaired) electrons. The molecule has 0 aliphatic heterocycles. The average Bonchev–Trinajstić information content (AvgIpc) is 2.89. The van der Waals surface area contributed by atoms with Gasteiger partial charge < -0.3 is 4.90 Å². The van der Waals surface area contributed by atoms with Crippen molar-refractivity contribution in [1.29, 1.82) is 0 Å². The summed E-state index contributed by atoms with van der Waals surface area (Å²) in [5, 5.41) is 4.38. The monoisotopic (exact) mass is 286 g/mol. The Labute approximate surface area is 125 Å². The lowest BCUT2D eigenvalue weighted by atomic mass is 10.3. The van der Waals surface area contributed by atoms with Gasteiger partial charge in [-0.1, -0.05) is 32.0 Å². The third kappa shape index (κ3) is 3.48. The summed E-state index contributed by atoms with van der Waals surface area (Å²) in [6.45, 7) is 7.48. The standard InChI is InChI=1S/C16H22N4O/c1-4-11-19(12-5-2)16(21)15-17-13(3)20(18-15)14-9-7-6-8-10-14/h6-10H,4-5,11-12H2,1-3H3. The van der Waals surface area contributed by atoms with E-state index in [4.69, 9.17) is 0 Å². The Morgan fingerprint density at radius 3 is 2.33 bits per heavy atom. The minimum Gasteiger partial charge on any atom is -0.336 e. The van der Waals surface area contributed by atoms with Crippen molar-refractivity contribution in [2.24, 2.45) is 0 Å². The predicted octanol–water partition coefficient (Wildman–Crippen LogP) is 2.84. The molecule has 0 bridgehead atoms. The molecular weight excluding hydrogens is 264 g/mol. The third-order valence-corrected chi connectivity index (χ3v) is 3.24. The van der Waals surface area contributed by atoms with Crippen molar-refractivity contribution in [3.8, 4) is 5.69 Å². The van der Waals surface area contributed by atoms with Gasteiger partial charge in [-0.25, -0.2) is 9.67 Å². The van der Waals surface area contributed by atoms with E-state index in [0.29, 0.717) is 0 Å². The number of aromatic nitrogens is 3. The molecule has 0 N–H and O–H groups in total. The van der Waals surface area contributed by atoms with E-state index in [0.717, 1.165) is 37.4 Å². The third-order valence-electron chi connectivity index (χ3n) is 3.24. The largest absolute Gasteiger partial charge is 0.336 e. The maximum atomic E-state index is 12.5. The van der Waals surface area contributed by atoms with Crippen LogP contribution in [0, 0.1) is 6.92 Å². The first-order chi connectivity index (χ1) is 10.2. The molecule has 5 heteroatoms.